The standard InChI is InChI=1S/C17H20N2O/c20-11-16-14-7-1-4-12-5-2-8-15(17(12)14)19(16)13-6-3-9-18-10-13/h1,4,7,13,15,18H,2-3,5-6,8-10H2. The molecule has 1 saturated heterocycles. The first-order valence-electron chi connectivity index (χ1n) is 7.76. The van der Waals surface area contributed by atoms with Gasteiger partial charge in [-0.25, -0.2) is 4.79 Å². The van der Waals surface area contributed by atoms with E-state index in [-0.39, 0.29) is 0 Å². The summed E-state index contributed by atoms with van der Waals surface area (Å²) in [6.07, 6.45) is 5.93. The van der Waals surface area contributed by atoms with Crippen molar-refractivity contribution in [3.63, 3.8) is 0 Å². The molecule has 1 aromatic rings. The van der Waals surface area contributed by atoms with E-state index >= 15 is 0 Å². The molecule has 1 fully saturated rings. The SMILES string of the molecule is O=C=C1c2cccc3c2C(CCC3)N1C1CCCNC1. The highest BCUT2D eigenvalue weighted by Gasteiger charge is 2.41. The number of hydrogen-bond acceptors (Lipinski definition) is 3. The van der Waals surface area contributed by atoms with Gasteiger partial charge >= 0.3 is 0 Å². The Bertz CT molecular complexity index is 583. The molecule has 1 N–H and O–H groups in total. The van der Waals surface area contributed by atoms with Gasteiger partial charge in [-0.05, 0) is 49.8 Å². The number of nitrogens with zero attached hydrogens (tertiary/aromatic N) is 1. The topological polar surface area (TPSA) is 32.3 Å². The summed E-state index contributed by atoms with van der Waals surface area (Å²) in [6, 6.07) is 7.29. The van der Waals surface area contributed by atoms with Gasteiger partial charge in [0.2, 0.25) is 0 Å². The fourth-order valence-electron chi connectivity index (χ4n) is 4.25. The lowest BCUT2D eigenvalue weighted by atomic mass is 9.86. The van der Waals surface area contributed by atoms with Crippen molar-refractivity contribution in [3.8, 4) is 0 Å². The van der Waals surface area contributed by atoms with Crippen LogP contribution in [-0.4, -0.2) is 30.0 Å². The second-order valence-corrected chi connectivity index (χ2v) is 6.14. The highest BCUT2D eigenvalue weighted by atomic mass is 16.1. The lowest BCUT2D eigenvalue weighted by molar-refractivity contribution is 0.185. The quantitative estimate of drug-likeness (QED) is 0.793. The average molecular weight is 268 g/mol. The Labute approximate surface area is 119 Å². The van der Waals surface area contributed by atoms with Crippen LogP contribution in [0.15, 0.2) is 18.2 Å². The number of hydrogen-bond donors (Lipinski definition) is 1. The van der Waals surface area contributed by atoms with Crippen molar-refractivity contribution in [2.75, 3.05) is 13.1 Å². The Morgan fingerprint density at radius 3 is 3.00 bits per heavy atom. The Kier molecular flexibility index (Phi) is 2.90. The van der Waals surface area contributed by atoms with E-state index in [1.807, 2.05) is 0 Å². The van der Waals surface area contributed by atoms with Gasteiger partial charge in [0.15, 0.2) is 5.94 Å². The van der Waals surface area contributed by atoms with E-state index in [4.69, 9.17) is 0 Å². The van der Waals surface area contributed by atoms with Crippen molar-refractivity contribution in [2.45, 2.75) is 44.2 Å². The molecule has 3 heteroatoms. The summed E-state index contributed by atoms with van der Waals surface area (Å²) in [6.45, 7) is 2.10. The number of aryl methyl sites for hydroxylation is 1. The molecule has 0 bridgehead atoms. The first kappa shape index (κ1) is 12.2. The summed E-state index contributed by atoms with van der Waals surface area (Å²) in [5, 5.41) is 3.48. The van der Waals surface area contributed by atoms with Crippen molar-refractivity contribution in [2.24, 2.45) is 0 Å². The Hall–Kier alpha value is -1.57. The average Bonchev–Trinajstić information content (AvgIpc) is 2.84. The molecule has 1 aliphatic carbocycles. The molecular weight excluding hydrogens is 248 g/mol. The van der Waals surface area contributed by atoms with Gasteiger partial charge in [-0.2, -0.15) is 0 Å². The van der Waals surface area contributed by atoms with E-state index in [2.05, 4.69) is 34.4 Å². The summed E-state index contributed by atoms with van der Waals surface area (Å²) < 4.78 is 0. The van der Waals surface area contributed by atoms with Crippen LogP contribution in [-0.2, 0) is 11.2 Å². The molecule has 2 unspecified atom stereocenters. The van der Waals surface area contributed by atoms with Crippen LogP contribution in [0.4, 0.5) is 0 Å². The van der Waals surface area contributed by atoms with Crippen LogP contribution in [0.1, 0.15) is 48.4 Å². The zero-order valence-electron chi connectivity index (χ0n) is 11.7. The van der Waals surface area contributed by atoms with E-state index in [1.165, 1.54) is 36.8 Å². The molecular formula is C17H20N2O. The number of carbonyl (C=O) groups excluding carboxylic acids is 1. The summed E-state index contributed by atoms with van der Waals surface area (Å²) >= 11 is 0. The fourth-order valence-corrected chi connectivity index (χ4v) is 4.25. The molecule has 0 aromatic heterocycles. The molecule has 0 spiro atoms. The molecule has 1 aromatic carbocycles. The van der Waals surface area contributed by atoms with Gasteiger partial charge in [0.25, 0.3) is 0 Å². The van der Waals surface area contributed by atoms with Gasteiger partial charge in [-0.15, -0.1) is 0 Å². The summed E-state index contributed by atoms with van der Waals surface area (Å²) in [5.41, 5.74) is 4.82. The Balaban J connectivity index is 1.81. The molecule has 4 rings (SSSR count). The monoisotopic (exact) mass is 268 g/mol. The third-order valence-electron chi connectivity index (χ3n) is 5.06. The van der Waals surface area contributed by atoms with Crippen LogP contribution >= 0.6 is 0 Å². The molecule has 3 nitrogen and oxygen atoms in total. The predicted molar refractivity (Wildman–Crippen MR) is 79.0 cm³/mol. The lowest BCUT2D eigenvalue weighted by Gasteiger charge is -2.39. The van der Waals surface area contributed by atoms with Crippen molar-refractivity contribution >= 4 is 11.6 Å². The Morgan fingerprint density at radius 2 is 2.20 bits per heavy atom. The minimum absolute atomic E-state index is 0.413. The third kappa shape index (κ3) is 1.67. The second kappa shape index (κ2) is 4.76. The van der Waals surface area contributed by atoms with Crippen LogP contribution in [0.3, 0.4) is 0 Å². The van der Waals surface area contributed by atoms with Gasteiger partial charge in [0, 0.05) is 18.2 Å². The largest absolute Gasteiger partial charge is 0.351 e. The van der Waals surface area contributed by atoms with Crippen LogP contribution in [0, 0.1) is 0 Å². The van der Waals surface area contributed by atoms with E-state index in [0.29, 0.717) is 12.1 Å². The van der Waals surface area contributed by atoms with Gasteiger partial charge in [0.1, 0.15) is 5.70 Å². The van der Waals surface area contributed by atoms with E-state index in [1.54, 1.807) is 0 Å². The summed E-state index contributed by atoms with van der Waals surface area (Å²) in [5.74, 6) is 2.25. The van der Waals surface area contributed by atoms with Gasteiger partial charge < -0.3 is 10.2 Å². The third-order valence-corrected chi connectivity index (χ3v) is 5.06. The minimum atomic E-state index is 0.413. The molecule has 2 atom stereocenters. The number of rotatable bonds is 1. The van der Waals surface area contributed by atoms with Crippen molar-refractivity contribution in [1.82, 2.24) is 10.2 Å². The van der Waals surface area contributed by atoms with Crippen molar-refractivity contribution in [3.05, 3.63) is 34.9 Å². The maximum Gasteiger partial charge on any atom is 0.151 e. The highest BCUT2D eigenvalue weighted by molar-refractivity contribution is 5.91. The first-order chi connectivity index (χ1) is 9.90. The van der Waals surface area contributed by atoms with Crippen LogP contribution in [0.5, 0.6) is 0 Å². The Morgan fingerprint density at radius 1 is 1.25 bits per heavy atom. The molecule has 2 heterocycles. The molecule has 0 amide bonds. The van der Waals surface area contributed by atoms with Gasteiger partial charge in [-0.3, -0.25) is 0 Å². The number of piperidine rings is 1. The summed E-state index contributed by atoms with van der Waals surface area (Å²) in [7, 11) is 0. The predicted octanol–water partition coefficient (Wildman–Crippen LogP) is 2.30. The molecule has 2 aliphatic heterocycles. The van der Waals surface area contributed by atoms with E-state index in [9.17, 15) is 4.79 Å². The number of nitrogens with one attached hydrogen (secondary N) is 1. The zero-order valence-corrected chi connectivity index (χ0v) is 11.7. The lowest BCUT2D eigenvalue weighted by Crippen LogP contribution is -2.45. The second-order valence-electron chi connectivity index (χ2n) is 6.14. The van der Waals surface area contributed by atoms with E-state index in [0.717, 1.165) is 30.8 Å². The molecule has 20 heavy (non-hydrogen) atoms. The molecule has 0 saturated carbocycles. The normalized spacial score (nSPS) is 28.2. The minimum Gasteiger partial charge on any atom is -0.351 e. The van der Waals surface area contributed by atoms with E-state index < -0.39 is 0 Å². The molecule has 3 aliphatic rings. The van der Waals surface area contributed by atoms with Crippen LogP contribution in [0.2, 0.25) is 0 Å². The fraction of sp³-hybridized carbons (Fsp3) is 0.529. The van der Waals surface area contributed by atoms with Crippen molar-refractivity contribution in [1.29, 1.82) is 0 Å². The van der Waals surface area contributed by atoms with Gasteiger partial charge in [0.05, 0.1) is 6.04 Å². The maximum absolute atomic E-state index is 11.6. The zero-order chi connectivity index (χ0) is 13.5. The highest BCUT2D eigenvalue weighted by Crippen LogP contribution is 2.48. The maximum atomic E-state index is 11.6. The van der Waals surface area contributed by atoms with Crippen molar-refractivity contribution < 1.29 is 4.79 Å². The summed E-state index contributed by atoms with van der Waals surface area (Å²) in [4.78, 5) is 14.0. The van der Waals surface area contributed by atoms with Gasteiger partial charge in [-0.1, -0.05) is 18.2 Å². The van der Waals surface area contributed by atoms with Crippen LogP contribution < -0.4 is 5.32 Å². The number of benzene rings is 1. The smallest absolute Gasteiger partial charge is 0.151 e. The first-order valence-corrected chi connectivity index (χ1v) is 7.76. The molecule has 0 radical (unpaired) electrons. The molecule has 104 valence electrons. The van der Waals surface area contributed by atoms with Crippen LogP contribution in [0.25, 0.3) is 5.70 Å².